The van der Waals surface area contributed by atoms with Crippen molar-refractivity contribution in [3.8, 4) is 11.3 Å². The zero-order valence-corrected chi connectivity index (χ0v) is 23.8. The number of fused-ring (bicyclic) bond motifs is 2. The van der Waals surface area contributed by atoms with Crippen LogP contribution in [0.15, 0.2) is 47.8 Å². The Morgan fingerprint density at radius 3 is 2.80 bits per heavy atom. The van der Waals surface area contributed by atoms with E-state index in [-0.39, 0.29) is 5.91 Å². The topological polar surface area (TPSA) is 124 Å². The predicted molar refractivity (Wildman–Crippen MR) is 155 cm³/mol. The lowest BCUT2D eigenvalue weighted by Gasteiger charge is -2.40. The van der Waals surface area contributed by atoms with E-state index in [9.17, 15) is 4.79 Å². The van der Waals surface area contributed by atoms with Gasteiger partial charge < -0.3 is 15.1 Å². The minimum Gasteiger partial charge on any atom is -0.354 e. The SMILES string of the molecule is CCN1CCN(c2cc(-c3n[nH]c4ccc(NC(=O)C5=C(C)N(C)c6nnnn6C5(C)C)cc34)ccn2)C[C@@H]1C. The van der Waals surface area contributed by atoms with Crippen LogP contribution in [-0.2, 0) is 10.3 Å². The third kappa shape index (κ3) is 4.19. The summed E-state index contributed by atoms with van der Waals surface area (Å²) in [5.74, 6) is 1.35. The second-order valence-corrected chi connectivity index (χ2v) is 11.1. The molecule has 1 fully saturated rings. The smallest absolute Gasteiger partial charge is 0.255 e. The van der Waals surface area contributed by atoms with Gasteiger partial charge in [-0.15, -0.1) is 0 Å². The number of allylic oxidation sites excluding steroid dienone is 1. The number of aromatic amines is 1. The number of anilines is 3. The molecule has 3 aromatic heterocycles. The Labute approximate surface area is 233 Å². The average molecular weight is 542 g/mol. The Balaban J connectivity index is 1.28. The first-order valence-corrected chi connectivity index (χ1v) is 13.7. The highest BCUT2D eigenvalue weighted by molar-refractivity contribution is 6.07. The number of nitrogens with zero attached hydrogens (tertiary/aromatic N) is 9. The number of piperazine rings is 1. The van der Waals surface area contributed by atoms with Gasteiger partial charge in [-0.05, 0) is 75.0 Å². The van der Waals surface area contributed by atoms with Crippen LogP contribution in [0.3, 0.4) is 0 Å². The molecule has 1 atom stereocenters. The van der Waals surface area contributed by atoms with Gasteiger partial charge in [0.1, 0.15) is 11.5 Å². The van der Waals surface area contributed by atoms with Gasteiger partial charge in [-0.1, -0.05) is 12.0 Å². The summed E-state index contributed by atoms with van der Waals surface area (Å²) in [6.45, 7) is 14.2. The zero-order chi connectivity index (χ0) is 28.2. The van der Waals surface area contributed by atoms with Crippen LogP contribution in [-0.4, -0.2) is 85.5 Å². The maximum Gasteiger partial charge on any atom is 0.255 e. The highest BCUT2D eigenvalue weighted by Crippen LogP contribution is 2.37. The summed E-state index contributed by atoms with van der Waals surface area (Å²) in [5, 5.41) is 23.9. The van der Waals surface area contributed by atoms with Gasteiger partial charge in [-0.2, -0.15) is 5.10 Å². The van der Waals surface area contributed by atoms with Gasteiger partial charge in [0.15, 0.2) is 0 Å². The maximum absolute atomic E-state index is 13.7. The van der Waals surface area contributed by atoms with Crippen LogP contribution in [0.1, 0.15) is 34.6 Å². The number of rotatable bonds is 5. The third-order valence-electron chi connectivity index (χ3n) is 8.32. The lowest BCUT2D eigenvalue weighted by Crippen LogP contribution is -2.51. The molecular weight excluding hydrogens is 506 g/mol. The molecule has 6 rings (SSSR count). The van der Waals surface area contributed by atoms with E-state index in [1.165, 1.54) is 0 Å². The fourth-order valence-electron chi connectivity index (χ4n) is 5.98. The first kappa shape index (κ1) is 25.9. The Hall–Kier alpha value is -4.32. The third-order valence-corrected chi connectivity index (χ3v) is 8.32. The van der Waals surface area contributed by atoms with Gasteiger partial charge in [0.25, 0.3) is 5.91 Å². The molecule has 0 aliphatic carbocycles. The summed E-state index contributed by atoms with van der Waals surface area (Å²) in [4.78, 5) is 25.0. The highest BCUT2D eigenvalue weighted by atomic mass is 16.1. The summed E-state index contributed by atoms with van der Waals surface area (Å²) in [5.41, 5.74) is 4.04. The van der Waals surface area contributed by atoms with E-state index in [1.54, 1.807) is 4.68 Å². The van der Waals surface area contributed by atoms with Gasteiger partial charge in [0.05, 0.1) is 16.6 Å². The van der Waals surface area contributed by atoms with Crippen molar-refractivity contribution in [2.75, 3.05) is 48.3 Å². The molecule has 5 heterocycles. The number of benzene rings is 1. The van der Waals surface area contributed by atoms with Crippen molar-refractivity contribution in [3.05, 3.63) is 47.8 Å². The molecule has 1 saturated heterocycles. The normalized spacial score (nSPS) is 19.3. The molecule has 1 aromatic carbocycles. The van der Waals surface area contributed by atoms with Gasteiger partial charge in [0, 0.05) is 61.3 Å². The fourth-order valence-corrected chi connectivity index (χ4v) is 5.98. The zero-order valence-electron chi connectivity index (χ0n) is 23.8. The van der Waals surface area contributed by atoms with Crippen molar-refractivity contribution in [1.29, 1.82) is 0 Å². The van der Waals surface area contributed by atoms with E-state index in [0.717, 1.165) is 59.9 Å². The highest BCUT2D eigenvalue weighted by Gasteiger charge is 2.41. The molecule has 2 N–H and O–H groups in total. The second-order valence-electron chi connectivity index (χ2n) is 11.1. The second kappa shape index (κ2) is 9.70. The molecule has 0 bridgehead atoms. The number of carbonyl (C=O) groups is 1. The van der Waals surface area contributed by atoms with E-state index in [1.807, 2.05) is 63.2 Å². The van der Waals surface area contributed by atoms with Crippen molar-refractivity contribution in [2.24, 2.45) is 0 Å². The van der Waals surface area contributed by atoms with Crippen LogP contribution in [0.2, 0.25) is 0 Å². The molecule has 0 saturated carbocycles. The lowest BCUT2D eigenvalue weighted by molar-refractivity contribution is -0.113. The predicted octanol–water partition coefficient (Wildman–Crippen LogP) is 3.24. The minimum absolute atomic E-state index is 0.202. The van der Waals surface area contributed by atoms with Crippen molar-refractivity contribution in [3.63, 3.8) is 0 Å². The van der Waals surface area contributed by atoms with Gasteiger partial charge in [-0.3, -0.25) is 14.8 Å². The molecule has 40 heavy (non-hydrogen) atoms. The number of nitrogens with one attached hydrogen (secondary N) is 2. The summed E-state index contributed by atoms with van der Waals surface area (Å²) in [6, 6.07) is 10.3. The van der Waals surface area contributed by atoms with Crippen LogP contribution in [0.4, 0.5) is 17.5 Å². The lowest BCUT2D eigenvalue weighted by atomic mass is 9.89. The Morgan fingerprint density at radius 1 is 1.20 bits per heavy atom. The van der Waals surface area contributed by atoms with E-state index in [0.29, 0.717) is 23.3 Å². The molecular formula is C28H35N11O. The average Bonchev–Trinajstić information content (AvgIpc) is 3.60. The Kier molecular flexibility index (Phi) is 6.29. The van der Waals surface area contributed by atoms with E-state index < -0.39 is 5.54 Å². The number of amides is 1. The fraction of sp³-hybridized carbons (Fsp3) is 0.429. The standard InChI is InChI=1S/C28H35N11O/c1-7-37-12-13-38(16-17(37)2)23-14-19(10-11-29-23)25-21-15-20(8-9-22(21)31-32-25)30-26(40)24-18(3)36(6)27-33-34-35-39(27)28(24,4)5/h8-11,14-15,17H,7,12-13,16H2,1-6H3,(H,30,40)(H,31,32)/t17-/m0/s1. The van der Waals surface area contributed by atoms with Crippen LogP contribution in [0.25, 0.3) is 22.2 Å². The number of pyridine rings is 1. The number of hydrogen-bond acceptors (Lipinski definition) is 9. The molecule has 1 amide bonds. The molecule has 2 aliphatic rings. The van der Waals surface area contributed by atoms with Crippen molar-refractivity contribution >= 4 is 34.3 Å². The number of hydrogen-bond donors (Lipinski definition) is 2. The first-order valence-electron chi connectivity index (χ1n) is 13.7. The van der Waals surface area contributed by atoms with E-state index in [4.69, 9.17) is 0 Å². The molecule has 12 heteroatoms. The number of H-pyrrole nitrogens is 1. The van der Waals surface area contributed by atoms with Gasteiger partial charge in [0.2, 0.25) is 5.95 Å². The van der Waals surface area contributed by atoms with E-state index in [2.05, 4.69) is 65.7 Å². The summed E-state index contributed by atoms with van der Waals surface area (Å²) < 4.78 is 1.68. The minimum atomic E-state index is -0.724. The number of carbonyl (C=O) groups excluding carboxylic acids is 1. The summed E-state index contributed by atoms with van der Waals surface area (Å²) in [6.07, 6.45) is 1.85. The number of aromatic nitrogens is 7. The Morgan fingerprint density at radius 2 is 2.02 bits per heavy atom. The van der Waals surface area contributed by atoms with Crippen LogP contribution >= 0.6 is 0 Å². The first-order chi connectivity index (χ1) is 19.2. The molecule has 0 spiro atoms. The maximum atomic E-state index is 13.7. The number of likely N-dealkylation sites (N-methyl/N-ethyl adjacent to an activating group) is 1. The number of tetrazole rings is 1. The molecule has 208 valence electrons. The quantitative estimate of drug-likeness (QED) is 0.392. The largest absolute Gasteiger partial charge is 0.354 e. The summed E-state index contributed by atoms with van der Waals surface area (Å²) in [7, 11) is 1.86. The van der Waals surface area contributed by atoms with Crippen LogP contribution < -0.4 is 15.1 Å². The molecule has 12 nitrogen and oxygen atoms in total. The monoisotopic (exact) mass is 541 g/mol. The molecule has 0 radical (unpaired) electrons. The van der Waals surface area contributed by atoms with Gasteiger partial charge >= 0.3 is 0 Å². The van der Waals surface area contributed by atoms with Crippen molar-refractivity contribution in [1.82, 2.24) is 40.3 Å². The molecule has 4 aromatic rings. The van der Waals surface area contributed by atoms with E-state index >= 15 is 0 Å². The van der Waals surface area contributed by atoms with Crippen LogP contribution in [0.5, 0.6) is 0 Å². The molecule has 0 unspecified atom stereocenters. The summed E-state index contributed by atoms with van der Waals surface area (Å²) >= 11 is 0. The Bertz CT molecular complexity index is 1620. The van der Waals surface area contributed by atoms with Crippen molar-refractivity contribution < 1.29 is 4.79 Å². The van der Waals surface area contributed by atoms with Gasteiger partial charge in [-0.25, -0.2) is 9.67 Å². The molecule has 2 aliphatic heterocycles. The van der Waals surface area contributed by atoms with Crippen molar-refractivity contribution in [2.45, 2.75) is 46.2 Å². The van der Waals surface area contributed by atoms with Crippen LogP contribution in [0, 0.1) is 0 Å².